The van der Waals surface area contributed by atoms with Gasteiger partial charge >= 0.3 is 0 Å². The third-order valence-corrected chi connectivity index (χ3v) is 12.3. The Morgan fingerprint density at radius 3 is 1.83 bits per heavy atom. The van der Waals surface area contributed by atoms with Gasteiger partial charge in [0.1, 0.15) is 17.0 Å². The number of fused-ring (bicyclic) bond motifs is 6. The fourth-order valence-corrected chi connectivity index (χ4v) is 9.80. The van der Waals surface area contributed by atoms with E-state index < -0.39 is 11.4 Å². The minimum absolute atomic E-state index is 0.00784. The zero-order valence-corrected chi connectivity index (χ0v) is 32.6. The fraction of sp³-hybridized carbons (Fsp3) is 0.269. The first kappa shape index (κ1) is 33.8. The lowest BCUT2D eigenvalue weighted by atomic mass is 9.74. The van der Waals surface area contributed by atoms with Crippen LogP contribution in [-0.4, -0.2) is 60.5 Å². The highest BCUT2D eigenvalue weighted by Crippen LogP contribution is 2.64. The number of phenols is 2. The second-order valence-electron chi connectivity index (χ2n) is 9.08. The van der Waals surface area contributed by atoms with E-state index in [9.17, 15) is 15.0 Å². The number of benzene rings is 3. The van der Waals surface area contributed by atoms with Gasteiger partial charge in [-0.1, -0.05) is 46.4 Å². The summed E-state index contributed by atoms with van der Waals surface area (Å²) in [5, 5.41) is 21.8. The van der Waals surface area contributed by atoms with E-state index in [1.54, 1.807) is 17.0 Å². The van der Waals surface area contributed by atoms with E-state index in [2.05, 4.69) is 0 Å². The van der Waals surface area contributed by atoms with Crippen molar-refractivity contribution in [2.45, 2.75) is 5.54 Å². The smallest absolute Gasteiger partial charge is 0.257 e. The Morgan fingerprint density at radius 2 is 1.31 bits per heavy atom. The van der Waals surface area contributed by atoms with Gasteiger partial charge in [0.2, 0.25) is 0 Å². The van der Waals surface area contributed by atoms with Crippen molar-refractivity contribution in [1.82, 2.24) is 4.90 Å². The molecule has 16 heteroatoms. The zero-order valence-electron chi connectivity index (χ0n) is 21.0. The Balaban J connectivity index is 1.84. The van der Waals surface area contributed by atoms with Gasteiger partial charge in [-0.25, -0.2) is 0 Å². The number of carbonyl (C=O) groups is 1. The number of nitrogens with zero attached hydrogens (tertiary/aromatic N) is 1. The summed E-state index contributed by atoms with van der Waals surface area (Å²) in [4.78, 5) is 16.1. The van der Waals surface area contributed by atoms with E-state index in [-0.39, 0.29) is 56.9 Å². The van der Waals surface area contributed by atoms with Crippen LogP contribution in [0.5, 0.6) is 23.0 Å². The molecule has 8 nitrogen and oxygen atoms in total. The van der Waals surface area contributed by atoms with Crippen LogP contribution in [0.25, 0.3) is 0 Å². The molecule has 0 atom stereocenters. The summed E-state index contributed by atoms with van der Waals surface area (Å²) in [6, 6.07) is 3.49. The minimum atomic E-state index is -1.45. The number of nitrogens with two attached hydrogens (primary N) is 1. The highest BCUT2D eigenvalue weighted by Gasteiger charge is 2.60. The van der Waals surface area contributed by atoms with E-state index in [0.717, 1.165) is 0 Å². The molecule has 3 aromatic rings. The van der Waals surface area contributed by atoms with Gasteiger partial charge in [-0.05, 0) is 102 Å². The SMILES string of the molecule is NCCOCCOCCN1C(=O)c2c(Cl)c(Cl)c(Cl)c(Cl)c2C12c1cc(I)c(O)c(I)c1Oc1c2cc(I)c(O)c1I. The number of ether oxygens (including phenoxy) is 3. The molecule has 4 N–H and O–H groups in total. The van der Waals surface area contributed by atoms with Gasteiger partial charge in [0, 0.05) is 29.8 Å². The molecular weight excluding hydrogens is 1090 g/mol. The number of phenolic OH excluding ortho intramolecular Hbond substituents is 2. The molecule has 1 spiro atoms. The van der Waals surface area contributed by atoms with Crippen LogP contribution in [0.15, 0.2) is 12.1 Å². The number of amides is 1. The maximum Gasteiger partial charge on any atom is 0.257 e. The first-order valence-corrected chi connectivity index (χ1v) is 17.9. The number of rotatable bonds is 8. The summed E-state index contributed by atoms with van der Waals surface area (Å²) < 4.78 is 19.5. The number of hydrogen-bond acceptors (Lipinski definition) is 7. The normalized spacial score (nSPS) is 14.7. The average molecular weight is 1100 g/mol. The van der Waals surface area contributed by atoms with Crippen molar-refractivity contribution in [2.75, 3.05) is 39.5 Å². The van der Waals surface area contributed by atoms with Gasteiger partial charge in [-0.3, -0.25) is 4.79 Å². The van der Waals surface area contributed by atoms with E-state index in [1.807, 2.05) is 90.4 Å². The lowest BCUT2D eigenvalue weighted by Gasteiger charge is -2.45. The van der Waals surface area contributed by atoms with Crippen LogP contribution in [0.3, 0.4) is 0 Å². The molecule has 0 unspecified atom stereocenters. The summed E-state index contributed by atoms with van der Waals surface area (Å²) >= 11 is 34.9. The predicted octanol–water partition coefficient (Wildman–Crippen LogP) is 7.98. The average Bonchev–Trinajstić information content (AvgIpc) is 3.22. The number of halogens is 8. The van der Waals surface area contributed by atoms with Crippen molar-refractivity contribution in [2.24, 2.45) is 5.73 Å². The molecule has 2 aliphatic heterocycles. The Hall–Kier alpha value is 0.490. The Kier molecular flexibility index (Phi) is 10.7. The Bertz CT molecular complexity index is 1580. The van der Waals surface area contributed by atoms with Crippen LogP contribution >= 0.6 is 137 Å². The van der Waals surface area contributed by atoms with Crippen molar-refractivity contribution in [3.8, 4) is 23.0 Å². The molecule has 5 rings (SSSR count). The summed E-state index contributed by atoms with van der Waals surface area (Å²) in [5.41, 5.74) is 5.48. The minimum Gasteiger partial charge on any atom is -0.506 e. The third kappa shape index (κ3) is 5.27. The molecule has 0 saturated carbocycles. The van der Waals surface area contributed by atoms with Crippen LogP contribution in [0, 0.1) is 14.3 Å². The van der Waals surface area contributed by atoms with Gasteiger partial charge in [0.05, 0.1) is 66.4 Å². The maximum atomic E-state index is 14.4. The van der Waals surface area contributed by atoms with Crippen molar-refractivity contribution < 1.29 is 29.2 Å². The summed E-state index contributed by atoms with van der Waals surface area (Å²) in [5.74, 6) is 0.148. The van der Waals surface area contributed by atoms with Gasteiger partial charge in [-0.2, -0.15) is 0 Å². The molecule has 0 bridgehead atoms. The van der Waals surface area contributed by atoms with Crippen molar-refractivity contribution in [3.63, 3.8) is 0 Å². The van der Waals surface area contributed by atoms with Gasteiger partial charge in [0.15, 0.2) is 11.5 Å². The van der Waals surface area contributed by atoms with Crippen molar-refractivity contribution in [1.29, 1.82) is 0 Å². The molecule has 224 valence electrons. The second-order valence-corrected chi connectivity index (χ2v) is 15.1. The quantitative estimate of drug-likeness (QED) is 0.0909. The lowest BCUT2D eigenvalue weighted by Crippen LogP contribution is -2.49. The van der Waals surface area contributed by atoms with Crippen LogP contribution in [0.1, 0.15) is 27.0 Å². The number of carbonyl (C=O) groups excluding carboxylic acids is 1. The monoisotopic (exact) mass is 1100 g/mol. The van der Waals surface area contributed by atoms with Gasteiger partial charge in [0.25, 0.3) is 5.91 Å². The van der Waals surface area contributed by atoms with E-state index >= 15 is 0 Å². The molecule has 0 radical (unpaired) electrons. The summed E-state index contributed by atoms with van der Waals surface area (Å²) in [6.45, 7) is 1.65. The van der Waals surface area contributed by atoms with Crippen LogP contribution in [-0.2, 0) is 15.0 Å². The highest BCUT2D eigenvalue weighted by atomic mass is 127. The molecule has 0 aromatic heterocycles. The molecule has 2 heterocycles. The van der Waals surface area contributed by atoms with Crippen molar-refractivity contribution >= 4 is 143 Å². The first-order chi connectivity index (χ1) is 19.9. The second kappa shape index (κ2) is 13.3. The standard InChI is InChI=1S/C26H18Cl4I4N2O6/c27-15-13-14(16(28)18(30)17(15)29)26(36(25(13)39)2-4-41-6-5-40-3-1-35)9-7-11(31)21(37)19(33)23(9)42-24-10(26)8-12(32)22(38)20(24)34/h7-8,37-38H,1-6,35H2. The van der Waals surface area contributed by atoms with E-state index in [1.165, 1.54) is 0 Å². The molecular formula is C26H18Cl4I4N2O6. The molecule has 0 saturated heterocycles. The van der Waals surface area contributed by atoms with Crippen LogP contribution < -0.4 is 10.5 Å². The first-order valence-electron chi connectivity index (χ1n) is 12.1. The number of hydrogen-bond donors (Lipinski definition) is 3. The van der Waals surface area contributed by atoms with Crippen LogP contribution in [0.2, 0.25) is 20.1 Å². The molecule has 3 aromatic carbocycles. The van der Waals surface area contributed by atoms with E-state index in [4.69, 9.17) is 66.3 Å². The Morgan fingerprint density at radius 1 is 0.810 bits per heavy atom. The van der Waals surface area contributed by atoms with E-state index in [0.29, 0.717) is 62.2 Å². The number of aromatic hydroxyl groups is 2. The molecule has 0 fully saturated rings. The molecule has 2 aliphatic rings. The molecule has 42 heavy (non-hydrogen) atoms. The molecule has 1 amide bonds. The topological polar surface area (TPSA) is 114 Å². The predicted molar refractivity (Wildman–Crippen MR) is 195 cm³/mol. The zero-order chi connectivity index (χ0) is 30.7. The lowest BCUT2D eigenvalue weighted by molar-refractivity contribution is 0.0298. The van der Waals surface area contributed by atoms with Crippen molar-refractivity contribution in [3.05, 3.63) is 68.8 Å². The third-order valence-electron chi connectivity index (χ3n) is 6.87. The highest BCUT2D eigenvalue weighted by molar-refractivity contribution is 14.1. The fourth-order valence-electron chi connectivity index (χ4n) is 5.15. The Labute approximate surface area is 315 Å². The maximum absolute atomic E-state index is 14.4. The van der Waals surface area contributed by atoms with Crippen LogP contribution in [0.4, 0.5) is 0 Å². The van der Waals surface area contributed by atoms with Gasteiger partial charge in [-0.15, -0.1) is 0 Å². The molecule has 0 aliphatic carbocycles. The van der Waals surface area contributed by atoms with Gasteiger partial charge < -0.3 is 35.1 Å². The summed E-state index contributed by atoms with van der Waals surface area (Å²) in [7, 11) is 0. The summed E-state index contributed by atoms with van der Waals surface area (Å²) in [6.07, 6.45) is 0. The largest absolute Gasteiger partial charge is 0.506 e.